The van der Waals surface area contributed by atoms with Crippen molar-refractivity contribution < 1.29 is 4.79 Å². The number of hydrogen-bond acceptors (Lipinski definition) is 2. The maximum absolute atomic E-state index is 11.7. The summed E-state index contributed by atoms with van der Waals surface area (Å²) in [5.74, 6) is 2.78. The van der Waals surface area contributed by atoms with Crippen molar-refractivity contribution in [2.75, 3.05) is 6.54 Å². The average Bonchev–Trinajstić information content (AvgIpc) is 2.84. The predicted molar refractivity (Wildman–Crippen MR) is 69.4 cm³/mol. The summed E-state index contributed by atoms with van der Waals surface area (Å²) in [7, 11) is 0. The highest BCUT2D eigenvalue weighted by atomic mass is 16.1. The summed E-state index contributed by atoms with van der Waals surface area (Å²) in [6.07, 6.45) is 6.89. The lowest BCUT2D eigenvalue weighted by atomic mass is 9.89. The van der Waals surface area contributed by atoms with Crippen molar-refractivity contribution in [3.8, 4) is 0 Å². The van der Waals surface area contributed by atoms with Crippen LogP contribution in [-0.4, -0.2) is 18.0 Å². The quantitative estimate of drug-likeness (QED) is 0.770. The van der Waals surface area contributed by atoms with E-state index in [2.05, 4.69) is 5.32 Å². The second-order valence-corrected chi connectivity index (χ2v) is 6.73. The normalized spacial score (nSPS) is 31.8. The molecule has 3 atom stereocenters. The fraction of sp³-hybridized carbons (Fsp3) is 0.929. The summed E-state index contributed by atoms with van der Waals surface area (Å²) in [6, 6.07) is 0. The first-order chi connectivity index (χ1) is 7.94. The van der Waals surface area contributed by atoms with Crippen molar-refractivity contribution in [2.24, 2.45) is 23.5 Å². The molecule has 3 nitrogen and oxygen atoms in total. The van der Waals surface area contributed by atoms with Gasteiger partial charge in [0.25, 0.3) is 0 Å². The summed E-state index contributed by atoms with van der Waals surface area (Å²) >= 11 is 0. The van der Waals surface area contributed by atoms with E-state index in [1.807, 2.05) is 13.8 Å². The first kappa shape index (κ1) is 12.9. The zero-order valence-electron chi connectivity index (χ0n) is 11.2. The van der Waals surface area contributed by atoms with E-state index in [4.69, 9.17) is 5.73 Å². The SMILES string of the molecule is CC(C)(N)CCC(=O)NCC1CC2CCC1C2. The van der Waals surface area contributed by atoms with E-state index >= 15 is 0 Å². The number of carbonyl (C=O) groups is 1. The lowest BCUT2D eigenvalue weighted by molar-refractivity contribution is -0.121. The van der Waals surface area contributed by atoms with Gasteiger partial charge in [0.2, 0.25) is 5.91 Å². The first-order valence-corrected chi connectivity index (χ1v) is 6.99. The number of carbonyl (C=O) groups excluding carboxylic acids is 1. The molecule has 3 unspecified atom stereocenters. The predicted octanol–water partition coefficient (Wildman–Crippen LogP) is 2.06. The van der Waals surface area contributed by atoms with E-state index in [0.29, 0.717) is 6.42 Å². The molecule has 0 radical (unpaired) electrons. The topological polar surface area (TPSA) is 55.1 Å². The van der Waals surface area contributed by atoms with Gasteiger partial charge in [0, 0.05) is 18.5 Å². The minimum atomic E-state index is -0.232. The molecule has 0 aromatic carbocycles. The van der Waals surface area contributed by atoms with E-state index in [0.717, 1.165) is 30.7 Å². The van der Waals surface area contributed by atoms with Crippen LogP contribution in [0.4, 0.5) is 0 Å². The Morgan fingerprint density at radius 1 is 1.35 bits per heavy atom. The van der Waals surface area contributed by atoms with E-state index in [-0.39, 0.29) is 11.4 Å². The zero-order valence-corrected chi connectivity index (χ0v) is 11.2. The summed E-state index contributed by atoms with van der Waals surface area (Å²) in [4.78, 5) is 11.7. The Balaban J connectivity index is 1.63. The van der Waals surface area contributed by atoms with Crippen LogP contribution in [0, 0.1) is 17.8 Å². The Morgan fingerprint density at radius 2 is 2.12 bits per heavy atom. The van der Waals surface area contributed by atoms with E-state index < -0.39 is 0 Å². The first-order valence-electron chi connectivity index (χ1n) is 6.99. The molecule has 0 saturated heterocycles. The monoisotopic (exact) mass is 238 g/mol. The van der Waals surface area contributed by atoms with Gasteiger partial charge >= 0.3 is 0 Å². The molecule has 1 amide bonds. The fourth-order valence-corrected chi connectivity index (χ4v) is 3.40. The summed E-state index contributed by atoms with van der Waals surface area (Å²) in [5, 5.41) is 3.09. The number of nitrogens with two attached hydrogens (primary N) is 1. The van der Waals surface area contributed by atoms with Gasteiger partial charge in [-0.1, -0.05) is 6.42 Å². The molecule has 0 spiro atoms. The molecule has 2 saturated carbocycles. The number of nitrogens with one attached hydrogen (secondary N) is 1. The van der Waals surface area contributed by atoms with Gasteiger partial charge in [-0.15, -0.1) is 0 Å². The highest BCUT2D eigenvalue weighted by Gasteiger charge is 2.39. The van der Waals surface area contributed by atoms with Crippen LogP contribution >= 0.6 is 0 Å². The number of amides is 1. The Bertz CT molecular complexity index is 282. The molecule has 2 fully saturated rings. The molecular formula is C14H26N2O. The third-order valence-corrected chi connectivity index (χ3v) is 4.44. The van der Waals surface area contributed by atoms with Crippen LogP contribution < -0.4 is 11.1 Å². The lowest BCUT2D eigenvalue weighted by Gasteiger charge is -2.22. The molecule has 0 aliphatic heterocycles. The highest BCUT2D eigenvalue weighted by Crippen LogP contribution is 2.47. The van der Waals surface area contributed by atoms with Gasteiger partial charge in [-0.2, -0.15) is 0 Å². The number of rotatable bonds is 5. The van der Waals surface area contributed by atoms with Gasteiger partial charge in [-0.05, 0) is 57.3 Å². The van der Waals surface area contributed by atoms with Crippen molar-refractivity contribution in [2.45, 2.75) is 57.9 Å². The smallest absolute Gasteiger partial charge is 0.220 e. The lowest BCUT2D eigenvalue weighted by Crippen LogP contribution is -2.36. The Morgan fingerprint density at radius 3 is 2.65 bits per heavy atom. The molecule has 3 heteroatoms. The van der Waals surface area contributed by atoms with Crippen molar-refractivity contribution in [1.29, 1.82) is 0 Å². The maximum Gasteiger partial charge on any atom is 0.220 e. The van der Waals surface area contributed by atoms with Crippen LogP contribution in [0.15, 0.2) is 0 Å². The molecule has 0 aromatic heterocycles. The number of fused-ring (bicyclic) bond motifs is 2. The summed E-state index contributed by atoms with van der Waals surface area (Å²) in [6.45, 7) is 4.83. The molecule has 17 heavy (non-hydrogen) atoms. The minimum Gasteiger partial charge on any atom is -0.356 e. The van der Waals surface area contributed by atoms with Crippen LogP contribution in [0.5, 0.6) is 0 Å². The van der Waals surface area contributed by atoms with E-state index in [9.17, 15) is 4.79 Å². The van der Waals surface area contributed by atoms with E-state index in [1.165, 1.54) is 25.7 Å². The van der Waals surface area contributed by atoms with Gasteiger partial charge in [0.05, 0.1) is 0 Å². The van der Waals surface area contributed by atoms with Crippen molar-refractivity contribution >= 4 is 5.91 Å². The largest absolute Gasteiger partial charge is 0.356 e. The molecule has 2 aliphatic rings. The molecular weight excluding hydrogens is 212 g/mol. The van der Waals surface area contributed by atoms with Gasteiger partial charge in [0.15, 0.2) is 0 Å². The van der Waals surface area contributed by atoms with Gasteiger partial charge < -0.3 is 11.1 Å². The van der Waals surface area contributed by atoms with Crippen LogP contribution in [0.1, 0.15) is 52.4 Å². The summed E-state index contributed by atoms with van der Waals surface area (Å²) in [5.41, 5.74) is 5.64. The van der Waals surface area contributed by atoms with Crippen LogP contribution in [0.3, 0.4) is 0 Å². The molecule has 0 aromatic rings. The Hall–Kier alpha value is -0.570. The standard InChI is InChI=1S/C14H26N2O/c1-14(2,15)6-5-13(17)16-9-12-8-10-3-4-11(12)7-10/h10-12H,3-9,15H2,1-2H3,(H,16,17). The Labute approximate surface area is 105 Å². The van der Waals surface area contributed by atoms with Crippen LogP contribution in [0.2, 0.25) is 0 Å². The van der Waals surface area contributed by atoms with E-state index in [1.54, 1.807) is 0 Å². The third kappa shape index (κ3) is 3.70. The van der Waals surface area contributed by atoms with Gasteiger partial charge in [-0.25, -0.2) is 0 Å². The summed E-state index contributed by atoms with van der Waals surface area (Å²) < 4.78 is 0. The molecule has 2 aliphatic carbocycles. The highest BCUT2D eigenvalue weighted by molar-refractivity contribution is 5.75. The van der Waals surface area contributed by atoms with Gasteiger partial charge in [0.1, 0.15) is 0 Å². The fourth-order valence-electron chi connectivity index (χ4n) is 3.40. The maximum atomic E-state index is 11.7. The second kappa shape index (κ2) is 4.97. The minimum absolute atomic E-state index is 0.172. The molecule has 98 valence electrons. The molecule has 2 rings (SSSR count). The molecule has 3 N–H and O–H groups in total. The van der Waals surface area contributed by atoms with Crippen molar-refractivity contribution in [1.82, 2.24) is 5.32 Å². The zero-order chi connectivity index (χ0) is 12.5. The van der Waals surface area contributed by atoms with Gasteiger partial charge in [-0.3, -0.25) is 4.79 Å². The Kier molecular flexibility index (Phi) is 3.76. The average molecular weight is 238 g/mol. The third-order valence-electron chi connectivity index (χ3n) is 4.44. The van der Waals surface area contributed by atoms with Crippen molar-refractivity contribution in [3.63, 3.8) is 0 Å². The van der Waals surface area contributed by atoms with Crippen LogP contribution in [-0.2, 0) is 4.79 Å². The molecule has 2 bridgehead atoms. The van der Waals surface area contributed by atoms with Crippen molar-refractivity contribution in [3.05, 3.63) is 0 Å². The number of hydrogen-bond donors (Lipinski definition) is 2. The second-order valence-electron chi connectivity index (χ2n) is 6.73. The molecule has 0 heterocycles. The van der Waals surface area contributed by atoms with Crippen LogP contribution in [0.25, 0.3) is 0 Å².